The van der Waals surface area contributed by atoms with Gasteiger partial charge in [-0.3, -0.25) is 0 Å². The fourth-order valence-corrected chi connectivity index (χ4v) is 3.54. The van der Waals surface area contributed by atoms with E-state index in [1.807, 2.05) is 0 Å². The Morgan fingerprint density at radius 3 is 2.87 bits per heavy atom. The van der Waals surface area contributed by atoms with E-state index in [0.717, 1.165) is 18.8 Å². The summed E-state index contributed by atoms with van der Waals surface area (Å²) in [6, 6.07) is 0. The van der Waals surface area contributed by atoms with Crippen LogP contribution in [0.25, 0.3) is 0 Å². The van der Waals surface area contributed by atoms with E-state index in [9.17, 15) is 0 Å². The monoisotopic (exact) mass is 223 g/mol. The number of thioether (sulfide) groups is 1. The minimum absolute atomic E-state index is 0.643. The number of rotatable bonds is 1. The second kappa shape index (κ2) is 4.16. The van der Waals surface area contributed by atoms with E-state index in [-0.39, 0.29) is 0 Å². The Morgan fingerprint density at radius 1 is 1.20 bits per heavy atom. The Morgan fingerprint density at radius 2 is 2.07 bits per heavy atom. The van der Waals surface area contributed by atoms with Gasteiger partial charge in [-0.2, -0.15) is 16.9 Å². The quantitative estimate of drug-likeness (QED) is 0.731. The van der Waals surface area contributed by atoms with E-state index < -0.39 is 0 Å². The molecule has 3 nitrogen and oxygen atoms in total. The highest BCUT2D eigenvalue weighted by Crippen LogP contribution is 2.30. The van der Waals surface area contributed by atoms with Gasteiger partial charge in [0.25, 0.3) is 0 Å². The molecule has 1 fully saturated rings. The molecule has 0 aromatic carbocycles. The van der Waals surface area contributed by atoms with E-state index in [4.69, 9.17) is 4.98 Å². The number of hydrogen-bond acceptors (Lipinski definition) is 3. The Balaban J connectivity index is 1.82. The predicted molar refractivity (Wildman–Crippen MR) is 62.3 cm³/mol. The van der Waals surface area contributed by atoms with Crippen molar-refractivity contribution in [3.8, 4) is 0 Å². The summed E-state index contributed by atoms with van der Waals surface area (Å²) < 4.78 is 2.14. The SMILES string of the molecule is C1CCn2nc(C3CCSCC3)nc2C1. The van der Waals surface area contributed by atoms with Crippen LogP contribution in [-0.2, 0) is 13.0 Å². The van der Waals surface area contributed by atoms with Gasteiger partial charge in [-0.15, -0.1) is 0 Å². The van der Waals surface area contributed by atoms with Gasteiger partial charge >= 0.3 is 0 Å². The highest BCUT2D eigenvalue weighted by Gasteiger charge is 2.22. The topological polar surface area (TPSA) is 30.7 Å². The first-order chi connectivity index (χ1) is 7.43. The maximum atomic E-state index is 4.72. The van der Waals surface area contributed by atoms with Gasteiger partial charge in [0.15, 0.2) is 5.82 Å². The first-order valence-electron chi connectivity index (χ1n) is 5.95. The number of aryl methyl sites for hydroxylation is 2. The number of fused-ring (bicyclic) bond motifs is 1. The van der Waals surface area contributed by atoms with Crippen LogP contribution in [0.4, 0.5) is 0 Å². The van der Waals surface area contributed by atoms with Crippen molar-refractivity contribution in [2.45, 2.75) is 44.6 Å². The van der Waals surface area contributed by atoms with E-state index >= 15 is 0 Å². The molecule has 4 heteroatoms. The molecule has 2 aliphatic heterocycles. The Bertz CT molecular complexity index is 318. The third-order valence-electron chi connectivity index (χ3n) is 3.37. The number of nitrogens with zero attached hydrogens (tertiary/aromatic N) is 3. The van der Waals surface area contributed by atoms with Gasteiger partial charge in [-0.05, 0) is 37.2 Å². The molecule has 1 aromatic heterocycles. The molecular weight excluding hydrogens is 206 g/mol. The van der Waals surface area contributed by atoms with Crippen molar-refractivity contribution >= 4 is 11.8 Å². The number of hydrogen-bond donors (Lipinski definition) is 0. The average Bonchev–Trinajstić information content (AvgIpc) is 2.74. The lowest BCUT2D eigenvalue weighted by Gasteiger charge is -2.17. The second-order valence-electron chi connectivity index (χ2n) is 4.45. The largest absolute Gasteiger partial charge is 0.250 e. The molecule has 1 saturated heterocycles. The van der Waals surface area contributed by atoms with Crippen LogP contribution in [0.5, 0.6) is 0 Å². The summed E-state index contributed by atoms with van der Waals surface area (Å²) >= 11 is 2.07. The molecule has 82 valence electrons. The smallest absolute Gasteiger partial charge is 0.154 e. The van der Waals surface area contributed by atoms with Crippen molar-refractivity contribution in [2.24, 2.45) is 0 Å². The summed E-state index contributed by atoms with van der Waals surface area (Å²) in [5.74, 6) is 5.58. The predicted octanol–water partition coefficient (Wildman–Crippen LogP) is 2.22. The van der Waals surface area contributed by atoms with Gasteiger partial charge < -0.3 is 0 Å². The van der Waals surface area contributed by atoms with Crippen LogP contribution in [0, 0.1) is 0 Å². The minimum atomic E-state index is 0.643. The van der Waals surface area contributed by atoms with Crippen LogP contribution >= 0.6 is 11.8 Å². The summed E-state index contributed by atoms with van der Waals surface area (Å²) in [5, 5.41) is 4.67. The van der Waals surface area contributed by atoms with Crippen molar-refractivity contribution in [3.63, 3.8) is 0 Å². The second-order valence-corrected chi connectivity index (χ2v) is 5.68. The summed E-state index contributed by atoms with van der Waals surface area (Å²) in [5.41, 5.74) is 0. The van der Waals surface area contributed by atoms with Crippen molar-refractivity contribution in [3.05, 3.63) is 11.6 Å². The zero-order valence-corrected chi connectivity index (χ0v) is 9.80. The molecule has 0 atom stereocenters. The van der Waals surface area contributed by atoms with Crippen molar-refractivity contribution < 1.29 is 0 Å². The third-order valence-corrected chi connectivity index (χ3v) is 4.42. The standard InChI is InChI=1S/C11H17N3S/c1-2-6-14-10(3-1)12-11(13-14)9-4-7-15-8-5-9/h9H,1-8H2. The highest BCUT2D eigenvalue weighted by molar-refractivity contribution is 7.99. The molecule has 0 N–H and O–H groups in total. The van der Waals surface area contributed by atoms with Crippen molar-refractivity contribution in [1.29, 1.82) is 0 Å². The fraction of sp³-hybridized carbons (Fsp3) is 0.818. The molecule has 0 bridgehead atoms. The van der Waals surface area contributed by atoms with Crippen LogP contribution < -0.4 is 0 Å². The molecule has 3 rings (SSSR count). The van der Waals surface area contributed by atoms with Crippen LogP contribution in [-0.4, -0.2) is 26.3 Å². The molecular formula is C11H17N3S. The lowest BCUT2D eigenvalue weighted by Crippen LogP contribution is -2.12. The van der Waals surface area contributed by atoms with Gasteiger partial charge in [-0.25, -0.2) is 9.67 Å². The highest BCUT2D eigenvalue weighted by atomic mass is 32.2. The summed E-state index contributed by atoms with van der Waals surface area (Å²) in [7, 11) is 0. The fourth-order valence-electron chi connectivity index (χ4n) is 2.43. The maximum Gasteiger partial charge on any atom is 0.154 e. The lowest BCUT2D eigenvalue weighted by atomic mass is 10.0. The molecule has 0 spiro atoms. The molecule has 0 aliphatic carbocycles. The summed E-state index contributed by atoms with van der Waals surface area (Å²) in [4.78, 5) is 4.72. The molecule has 0 unspecified atom stereocenters. The van der Waals surface area contributed by atoms with Crippen LogP contribution in [0.1, 0.15) is 43.3 Å². The van der Waals surface area contributed by atoms with Crippen LogP contribution in [0.15, 0.2) is 0 Å². The Labute approximate surface area is 94.7 Å². The maximum absolute atomic E-state index is 4.72. The van der Waals surface area contributed by atoms with Gasteiger partial charge in [0.2, 0.25) is 0 Å². The molecule has 15 heavy (non-hydrogen) atoms. The molecule has 0 amide bonds. The van der Waals surface area contributed by atoms with Crippen LogP contribution in [0.3, 0.4) is 0 Å². The van der Waals surface area contributed by atoms with E-state index in [1.165, 1.54) is 43.0 Å². The van der Waals surface area contributed by atoms with Crippen molar-refractivity contribution in [1.82, 2.24) is 14.8 Å². The molecule has 0 radical (unpaired) electrons. The Hall–Kier alpha value is -0.510. The molecule has 2 aliphatic rings. The summed E-state index contributed by atoms with van der Waals surface area (Å²) in [6.45, 7) is 1.09. The van der Waals surface area contributed by atoms with Gasteiger partial charge in [0.1, 0.15) is 5.82 Å². The lowest BCUT2D eigenvalue weighted by molar-refractivity contribution is 0.474. The molecule has 3 heterocycles. The zero-order valence-electron chi connectivity index (χ0n) is 8.98. The van der Waals surface area contributed by atoms with Gasteiger partial charge in [-0.1, -0.05) is 0 Å². The zero-order chi connectivity index (χ0) is 10.1. The van der Waals surface area contributed by atoms with Crippen LogP contribution in [0.2, 0.25) is 0 Å². The molecule has 1 aromatic rings. The van der Waals surface area contributed by atoms with E-state index in [0.29, 0.717) is 5.92 Å². The normalized spacial score (nSPS) is 22.7. The summed E-state index contributed by atoms with van der Waals surface area (Å²) in [6.07, 6.45) is 6.24. The first-order valence-corrected chi connectivity index (χ1v) is 7.10. The molecule has 0 saturated carbocycles. The average molecular weight is 223 g/mol. The minimum Gasteiger partial charge on any atom is -0.250 e. The van der Waals surface area contributed by atoms with Crippen molar-refractivity contribution in [2.75, 3.05) is 11.5 Å². The third kappa shape index (κ3) is 1.92. The van der Waals surface area contributed by atoms with Gasteiger partial charge in [0.05, 0.1) is 0 Å². The number of aromatic nitrogens is 3. The Kier molecular flexibility index (Phi) is 2.69. The first kappa shape index (κ1) is 9.70. The van der Waals surface area contributed by atoms with E-state index in [1.54, 1.807) is 0 Å². The van der Waals surface area contributed by atoms with Gasteiger partial charge in [0, 0.05) is 18.9 Å². The van der Waals surface area contributed by atoms with E-state index in [2.05, 4.69) is 21.5 Å².